The Hall–Kier alpha value is -1.24. The second-order valence-corrected chi connectivity index (χ2v) is 7.27. The first-order valence-electron chi connectivity index (χ1n) is 7.99. The van der Waals surface area contributed by atoms with Gasteiger partial charge in [-0.15, -0.1) is 11.3 Å². The molecule has 4 heterocycles. The molecule has 0 N–H and O–H groups in total. The lowest BCUT2D eigenvalue weighted by molar-refractivity contribution is 0.0134. The third-order valence-corrected chi connectivity index (χ3v) is 5.98. The molecule has 5 nitrogen and oxygen atoms in total. The molecular weight excluding hydrogens is 296 g/mol. The van der Waals surface area contributed by atoms with Crippen LogP contribution in [0.3, 0.4) is 0 Å². The molecule has 0 bridgehead atoms. The average Bonchev–Trinajstić information content (AvgIpc) is 3.12. The maximum atomic E-state index is 5.49. The minimum absolute atomic E-state index is 0.606. The van der Waals surface area contributed by atoms with Crippen molar-refractivity contribution in [3.63, 3.8) is 0 Å². The van der Waals surface area contributed by atoms with Crippen LogP contribution in [0.1, 0.15) is 12.5 Å². The fraction of sp³-hybridized carbons (Fsp3) is 0.625. The second kappa shape index (κ2) is 5.76. The molecule has 6 heteroatoms. The molecule has 0 amide bonds. The first kappa shape index (κ1) is 14.4. The van der Waals surface area contributed by atoms with E-state index in [2.05, 4.69) is 39.0 Å². The van der Waals surface area contributed by atoms with Gasteiger partial charge in [-0.25, -0.2) is 9.97 Å². The Bertz CT molecular complexity index is 667. The van der Waals surface area contributed by atoms with Gasteiger partial charge in [-0.2, -0.15) is 0 Å². The monoisotopic (exact) mass is 318 g/mol. The van der Waals surface area contributed by atoms with Crippen molar-refractivity contribution in [3.05, 3.63) is 17.3 Å². The average molecular weight is 318 g/mol. The van der Waals surface area contributed by atoms with Gasteiger partial charge in [-0.05, 0) is 23.8 Å². The van der Waals surface area contributed by atoms with Crippen LogP contribution in [-0.4, -0.2) is 60.3 Å². The number of aromatic nitrogens is 2. The van der Waals surface area contributed by atoms with Gasteiger partial charge in [0.25, 0.3) is 0 Å². The van der Waals surface area contributed by atoms with E-state index in [1.54, 1.807) is 17.7 Å². The summed E-state index contributed by atoms with van der Waals surface area (Å²) in [6.07, 6.45) is 1.71. The van der Waals surface area contributed by atoms with E-state index >= 15 is 0 Å². The molecular formula is C16H22N4OS. The molecule has 0 aromatic carbocycles. The Balaban J connectivity index is 1.60. The summed E-state index contributed by atoms with van der Waals surface area (Å²) in [7, 11) is 0. The standard InChI is InChI=1S/C16H22N4OS/c1-11-7-20(8-13(11)19-3-5-21-6-4-19)16-15-14(17-10-18-16)12(2)9-22-15/h9-11,13H,3-8H2,1-2H3. The van der Waals surface area contributed by atoms with Crippen LogP contribution in [0.5, 0.6) is 0 Å². The van der Waals surface area contributed by atoms with E-state index in [1.165, 1.54) is 10.3 Å². The predicted octanol–water partition coefficient (Wildman–Crippen LogP) is 2.16. The maximum Gasteiger partial charge on any atom is 0.150 e. The Kier molecular flexibility index (Phi) is 3.76. The van der Waals surface area contributed by atoms with E-state index in [1.807, 2.05) is 0 Å². The van der Waals surface area contributed by atoms with Crippen molar-refractivity contribution >= 4 is 27.4 Å². The largest absolute Gasteiger partial charge is 0.379 e. The number of morpholine rings is 1. The normalized spacial score (nSPS) is 26.9. The zero-order valence-corrected chi connectivity index (χ0v) is 14.0. The quantitative estimate of drug-likeness (QED) is 0.849. The highest BCUT2D eigenvalue weighted by molar-refractivity contribution is 7.18. The molecule has 0 saturated carbocycles. The first-order valence-corrected chi connectivity index (χ1v) is 8.87. The van der Waals surface area contributed by atoms with Crippen LogP contribution in [0.4, 0.5) is 5.82 Å². The van der Waals surface area contributed by atoms with Crippen LogP contribution < -0.4 is 4.90 Å². The third kappa shape index (κ3) is 2.39. The summed E-state index contributed by atoms with van der Waals surface area (Å²) in [5.41, 5.74) is 2.36. The molecule has 2 saturated heterocycles. The lowest BCUT2D eigenvalue weighted by atomic mass is 10.0. The molecule has 2 fully saturated rings. The van der Waals surface area contributed by atoms with Crippen molar-refractivity contribution in [2.45, 2.75) is 19.9 Å². The van der Waals surface area contributed by atoms with Gasteiger partial charge in [0.2, 0.25) is 0 Å². The van der Waals surface area contributed by atoms with E-state index in [-0.39, 0.29) is 0 Å². The highest BCUT2D eigenvalue weighted by Crippen LogP contribution is 2.34. The van der Waals surface area contributed by atoms with E-state index in [0.29, 0.717) is 12.0 Å². The van der Waals surface area contributed by atoms with Crippen molar-refractivity contribution in [1.29, 1.82) is 0 Å². The number of aryl methyl sites for hydroxylation is 1. The van der Waals surface area contributed by atoms with Gasteiger partial charge >= 0.3 is 0 Å². The van der Waals surface area contributed by atoms with E-state index in [9.17, 15) is 0 Å². The fourth-order valence-corrected chi connectivity index (χ4v) is 4.71. The Morgan fingerprint density at radius 1 is 1.23 bits per heavy atom. The molecule has 2 aromatic rings. The van der Waals surface area contributed by atoms with Crippen molar-refractivity contribution in [1.82, 2.24) is 14.9 Å². The number of fused-ring (bicyclic) bond motifs is 1. The molecule has 4 rings (SSSR count). The minimum Gasteiger partial charge on any atom is -0.379 e. The van der Waals surface area contributed by atoms with Crippen molar-refractivity contribution in [3.8, 4) is 0 Å². The lowest BCUT2D eigenvalue weighted by Gasteiger charge is -2.34. The highest BCUT2D eigenvalue weighted by Gasteiger charge is 2.35. The van der Waals surface area contributed by atoms with Crippen molar-refractivity contribution in [2.24, 2.45) is 5.92 Å². The number of anilines is 1. The van der Waals surface area contributed by atoms with Crippen LogP contribution >= 0.6 is 11.3 Å². The van der Waals surface area contributed by atoms with Crippen LogP contribution in [0, 0.1) is 12.8 Å². The topological polar surface area (TPSA) is 41.5 Å². The van der Waals surface area contributed by atoms with E-state index in [4.69, 9.17) is 4.74 Å². The summed E-state index contributed by atoms with van der Waals surface area (Å²) in [5, 5.41) is 2.18. The molecule has 0 radical (unpaired) electrons. The van der Waals surface area contributed by atoms with E-state index in [0.717, 1.165) is 50.7 Å². The predicted molar refractivity (Wildman–Crippen MR) is 89.7 cm³/mol. The van der Waals surface area contributed by atoms with Crippen LogP contribution in [0.25, 0.3) is 10.2 Å². The number of thiophene rings is 1. The highest BCUT2D eigenvalue weighted by atomic mass is 32.1. The SMILES string of the molecule is Cc1csc2c(N3CC(C)C(N4CCOCC4)C3)ncnc12. The number of ether oxygens (including phenoxy) is 1. The maximum absolute atomic E-state index is 5.49. The van der Waals surface area contributed by atoms with Crippen LogP contribution in [0.15, 0.2) is 11.7 Å². The molecule has 2 aliphatic rings. The van der Waals surface area contributed by atoms with Gasteiger partial charge in [-0.3, -0.25) is 4.90 Å². The Morgan fingerprint density at radius 2 is 2.05 bits per heavy atom. The van der Waals surface area contributed by atoms with Crippen molar-refractivity contribution < 1.29 is 4.74 Å². The Morgan fingerprint density at radius 3 is 2.86 bits per heavy atom. The summed E-state index contributed by atoms with van der Waals surface area (Å²) in [4.78, 5) is 14.1. The van der Waals surface area contributed by atoms with Gasteiger partial charge in [-0.1, -0.05) is 6.92 Å². The summed E-state index contributed by atoms with van der Waals surface area (Å²) in [5.74, 6) is 1.77. The van der Waals surface area contributed by atoms with Gasteiger partial charge in [0.1, 0.15) is 12.1 Å². The summed E-state index contributed by atoms with van der Waals surface area (Å²) >= 11 is 1.77. The number of hydrogen-bond acceptors (Lipinski definition) is 6. The molecule has 0 spiro atoms. The zero-order valence-electron chi connectivity index (χ0n) is 13.2. The zero-order chi connectivity index (χ0) is 15.1. The van der Waals surface area contributed by atoms with Gasteiger partial charge in [0.15, 0.2) is 0 Å². The lowest BCUT2D eigenvalue weighted by Crippen LogP contribution is -2.46. The van der Waals surface area contributed by atoms with Gasteiger partial charge in [0.05, 0.1) is 23.4 Å². The third-order valence-electron chi connectivity index (χ3n) is 4.90. The molecule has 2 atom stereocenters. The number of nitrogens with zero attached hydrogens (tertiary/aromatic N) is 4. The molecule has 0 aliphatic carbocycles. The first-order chi connectivity index (χ1) is 10.7. The van der Waals surface area contributed by atoms with Crippen LogP contribution in [-0.2, 0) is 4.74 Å². The minimum atomic E-state index is 0.606. The molecule has 22 heavy (non-hydrogen) atoms. The molecule has 2 aliphatic heterocycles. The molecule has 118 valence electrons. The summed E-state index contributed by atoms with van der Waals surface area (Å²) in [6, 6.07) is 0.606. The number of rotatable bonds is 2. The van der Waals surface area contributed by atoms with E-state index < -0.39 is 0 Å². The second-order valence-electron chi connectivity index (χ2n) is 6.39. The fourth-order valence-electron chi connectivity index (χ4n) is 3.69. The van der Waals surface area contributed by atoms with Crippen LogP contribution in [0.2, 0.25) is 0 Å². The molecule has 2 aromatic heterocycles. The summed E-state index contributed by atoms with van der Waals surface area (Å²) < 4.78 is 6.72. The van der Waals surface area contributed by atoms with Gasteiger partial charge < -0.3 is 9.64 Å². The van der Waals surface area contributed by atoms with Gasteiger partial charge in [0, 0.05) is 32.2 Å². The summed E-state index contributed by atoms with van der Waals surface area (Å²) in [6.45, 7) is 10.5. The van der Waals surface area contributed by atoms with Crippen molar-refractivity contribution in [2.75, 3.05) is 44.3 Å². The number of hydrogen-bond donors (Lipinski definition) is 0. The smallest absolute Gasteiger partial charge is 0.150 e. The molecule has 2 unspecified atom stereocenters. The Labute approximate surface area is 134 Å².